The molecule has 1 aromatic rings. The third kappa shape index (κ3) is 3.40. The molecule has 6 aliphatic rings. The SMILES string of the molecule is CCCC=C1OC(=O)C2=C1CC[C@@H]1[C@@H]2[C@@]23CC[C@@H]1C=C2C(=O)OC3=C[C@H](CC)Cc1ccccc1. The van der Waals surface area contributed by atoms with Gasteiger partial charge in [-0.3, -0.25) is 0 Å². The second-order valence-corrected chi connectivity index (χ2v) is 10.9. The maximum Gasteiger partial charge on any atom is 0.340 e. The zero-order valence-electron chi connectivity index (χ0n) is 20.7. The molecule has 0 amide bonds. The van der Waals surface area contributed by atoms with Gasteiger partial charge >= 0.3 is 11.9 Å². The fourth-order valence-electron chi connectivity index (χ4n) is 7.43. The lowest BCUT2D eigenvalue weighted by molar-refractivity contribution is -0.135. The number of hydrogen-bond acceptors (Lipinski definition) is 4. The molecule has 1 aromatic carbocycles. The number of cyclic esters (lactones) is 2. The first-order valence-corrected chi connectivity index (χ1v) is 13.4. The van der Waals surface area contributed by atoms with Crippen LogP contribution in [-0.2, 0) is 25.5 Å². The normalized spacial score (nSPS) is 33.9. The van der Waals surface area contributed by atoms with Gasteiger partial charge in [0.1, 0.15) is 11.5 Å². The molecule has 182 valence electrons. The van der Waals surface area contributed by atoms with Gasteiger partial charge in [-0.15, -0.1) is 0 Å². The van der Waals surface area contributed by atoms with Crippen LogP contribution in [0.25, 0.3) is 0 Å². The smallest absolute Gasteiger partial charge is 0.340 e. The molecule has 0 radical (unpaired) electrons. The number of benzene rings is 1. The van der Waals surface area contributed by atoms with Crippen LogP contribution < -0.4 is 0 Å². The summed E-state index contributed by atoms with van der Waals surface area (Å²) in [5.41, 5.74) is 3.47. The van der Waals surface area contributed by atoms with E-state index in [1.54, 1.807) is 0 Å². The van der Waals surface area contributed by atoms with E-state index >= 15 is 0 Å². The van der Waals surface area contributed by atoms with Crippen LogP contribution in [0.2, 0.25) is 0 Å². The van der Waals surface area contributed by atoms with Crippen LogP contribution in [0.1, 0.15) is 64.4 Å². The molecular formula is C31H34O4. The van der Waals surface area contributed by atoms with Gasteiger partial charge in [0.25, 0.3) is 0 Å². The molecule has 2 aliphatic heterocycles. The number of carbonyl (C=O) groups is 2. The molecule has 2 heterocycles. The number of ether oxygens (including phenoxy) is 2. The van der Waals surface area contributed by atoms with Gasteiger partial charge < -0.3 is 9.47 Å². The minimum atomic E-state index is -0.527. The topological polar surface area (TPSA) is 52.6 Å². The molecule has 2 bridgehead atoms. The summed E-state index contributed by atoms with van der Waals surface area (Å²) in [6, 6.07) is 10.5. The van der Waals surface area contributed by atoms with E-state index in [0.29, 0.717) is 11.8 Å². The number of esters is 2. The first-order chi connectivity index (χ1) is 17.1. The molecule has 0 aromatic heterocycles. The Kier molecular flexibility index (Phi) is 5.58. The van der Waals surface area contributed by atoms with Gasteiger partial charge in [0.2, 0.25) is 0 Å². The average molecular weight is 471 g/mol. The standard InChI is InChI=1S/C31H34O4/c1-3-5-11-25-23-13-12-22-21-14-15-31(28(22)27(23)30(33)34-25)24(18-21)29(32)35-26(31)17-19(4-2)16-20-9-7-6-8-10-20/h6-11,17-19,21-22,28H,3-5,12-16H2,1-2H3/t19-,21-,22+,28+,31+/m1/s1. The molecule has 4 aliphatic carbocycles. The van der Waals surface area contributed by atoms with E-state index in [1.165, 1.54) is 5.56 Å². The summed E-state index contributed by atoms with van der Waals surface area (Å²) in [4.78, 5) is 26.5. The Bertz CT molecular complexity index is 1180. The number of rotatable bonds is 6. The molecule has 1 saturated carbocycles. The maximum absolute atomic E-state index is 13.3. The van der Waals surface area contributed by atoms with E-state index in [2.05, 4.69) is 56.3 Å². The molecule has 1 spiro atoms. The monoisotopic (exact) mass is 470 g/mol. The van der Waals surface area contributed by atoms with Crippen molar-refractivity contribution in [2.24, 2.45) is 29.1 Å². The predicted molar refractivity (Wildman–Crippen MR) is 134 cm³/mol. The summed E-state index contributed by atoms with van der Waals surface area (Å²) in [6.45, 7) is 4.32. The number of allylic oxidation sites excluding steroid dienone is 5. The lowest BCUT2D eigenvalue weighted by Crippen LogP contribution is -2.50. The molecule has 5 atom stereocenters. The zero-order valence-corrected chi connectivity index (χ0v) is 20.7. The number of carbonyl (C=O) groups excluding carboxylic acids is 2. The van der Waals surface area contributed by atoms with E-state index in [4.69, 9.17) is 9.47 Å². The van der Waals surface area contributed by atoms with Gasteiger partial charge in [-0.2, -0.15) is 0 Å². The Labute approximate surface area is 207 Å². The summed E-state index contributed by atoms with van der Waals surface area (Å²) >= 11 is 0. The van der Waals surface area contributed by atoms with E-state index < -0.39 is 5.41 Å². The van der Waals surface area contributed by atoms with Gasteiger partial charge in [0.05, 0.1) is 5.41 Å². The number of fused-ring (bicyclic) bond motifs is 1. The molecule has 2 fully saturated rings. The molecular weight excluding hydrogens is 436 g/mol. The Hall–Kier alpha value is -2.88. The molecule has 4 nitrogen and oxygen atoms in total. The quantitative estimate of drug-likeness (QED) is 0.440. The van der Waals surface area contributed by atoms with E-state index in [0.717, 1.165) is 79.6 Å². The van der Waals surface area contributed by atoms with Crippen LogP contribution in [0.5, 0.6) is 0 Å². The molecule has 1 saturated heterocycles. The summed E-state index contributed by atoms with van der Waals surface area (Å²) < 4.78 is 11.9. The third-order valence-electron chi connectivity index (χ3n) is 9.06. The Morgan fingerprint density at radius 1 is 1.09 bits per heavy atom. The average Bonchev–Trinajstić information content (AvgIpc) is 3.36. The summed E-state index contributed by atoms with van der Waals surface area (Å²) in [5.74, 6) is 2.06. The largest absolute Gasteiger partial charge is 0.427 e. The first-order valence-electron chi connectivity index (χ1n) is 13.4. The molecule has 35 heavy (non-hydrogen) atoms. The van der Waals surface area contributed by atoms with Crippen LogP contribution in [0, 0.1) is 29.1 Å². The van der Waals surface area contributed by atoms with E-state index in [9.17, 15) is 9.59 Å². The number of unbranched alkanes of at least 4 members (excludes halogenated alkanes) is 1. The lowest BCUT2D eigenvalue weighted by atomic mass is 9.46. The fourth-order valence-corrected chi connectivity index (χ4v) is 7.43. The van der Waals surface area contributed by atoms with Crippen molar-refractivity contribution in [1.82, 2.24) is 0 Å². The fraction of sp³-hybridized carbons (Fsp3) is 0.484. The van der Waals surface area contributed by atoms with Crippen molar-refractivity contribution < 1.29 is 19.1 Å². The van der Waals surface area contributed by atoms with Gasteiger partial charge in [-0.25, -0.2) is 9.59 Å². The van der Waals surface area contributed by atoms with Crippen molar-refractivity contribution in [3.8, 4) is 0 Å². The molecule has 7 rings (SSSR count). The van der Waals surface area contributed by atoms with Gasteiger partial charge in [0, 0.05) is 22.6 Å². The number of hydrogen-bond donors (Lipinski definition) is 0. The second kappa shape index (κ2) is 8.65. The molecule has 0 unspecified atom stereocenters. The van der Waals surface area contributed by atoms with Crippen molar-refractivity contribution >= 4 is 11.9 Å². The Morgan fingerprint density at radius 2 is 1.91 bits per heavy atom. The highest BCUT2D eigenvalue weighted by atomic mass is 16.5. The van der Waals surface area contributed by atoms with Gasteiger partial charge in [0.15, 0.2) is 0 Å². The highest BCUT2D eigenvalue weighted by molar-refractivity contribution is 5.99. The third-order valence-corrected chi connectivity index (χ3v) is 9.06. The van der Waals surface area contributed by atoms with Crippen molar-refractivity contribution in [3.05, 3.63) is 82.4 Å². The zero-order chi connectivity index (χ0) is 24.2. The Balaban J connectivity index is 1.45. The molecule has 4 heteroatoms. The van der Waals surface area contributed by atoms with Crippen LogP contribution in [0.4, 0.5) is 0 Å². The minimum Gasteiger partial charge on any atom is -0.427 e. The van der Waals surface area contributed by atoms with Crippen molar-refractivity contribution in [1.29, 1.82) is 0 Å². The van der Waals surface area contributed by atoms with E-state index in [-0.39, 0.29) is 23.8 Å². The second-order valence-electron chi connectivity index (χ2n) is 10.9. The van der Waals surface area contributed by atoms with Crippen molar-refractivity contribution in [3.63, 3.8) is 0 Å². The van der Waals surface area contributed by atoms with Crippen LogP contribution in [0.3, 0.4) is 0 Å². The van der Waals surface area contributed by atoms with Crippen LogP contribution >= 0.6 is 0 Å². The highest BCUT2D eigenvalue weighted by Gasteiger charge is 2.66. The lowest BCUT2D eigenvalue weighted by Gasteiger charge is -2.54. The van der Waals surface area contributed by atoms with Crippen molar-refractivity contribution in [2.45, 2.75) is 65.2 Å². The first kappa shape index (κ1) is 22.6. The summed E-state index contributed by atoms with van der Waals surface area (Å²) in [6.07, 6.45) is 14.1. The predicted octanol–water partition coefficient (Wildman–Crippen LogP) is 6.60. The minimum absolute atomic E-state index is 0.0306. The summed E-state index contributed by atoms with van der Waals surface area (Å²) in [7, 11) is 0. The van der Waals surface area contributed by atoms with Gasteiger partial charge in [-0.1, -0.05) is 56.7 Å². The maximum atomic E-state index is 13.3. The van der Waals surface area contributed by atoms with Crippen molar-refractivity contribution in [2.75, 3.05) is 0 Å². The van der Waals surface area contributed by atoms with E-state index in [1.807, 2.05) is 6.07 Å². The van der Waals surface area contributed by atoms with Gasteiger partial charge in [-0.05, 0) is 80.4 Å². The van der Waals surface area contributed by atoms with Crippen LogP contribution in [-0.4, -0.2) is 11.9 Å². The summed E-state index contributed by atoms with van der Waals surface area (Å²) in [5, 5.41) is 0. The highest BCUT2D eigenvalue weighted by Crippen LogP contribution is 2.68. The Morgan fingerprint density at radius 3 is 2.69 bits per heavy atom. The molecule has 0 N–H and O–H groups in total. The van der Waals surface area contributed by atoms with Crippen LogP contribution in [0.15, 0.2) is 76.8 Å².